The zero-order valence-corrected chi connectivity index (χ0v) is 16.9. The van der Waals surface area contributed by atoms with Crippen LogP contribution in [0.25, 0.3) is 11.2 Å². The maximum absolute atomic E-state index is 12.6. The van der Waals surface area contributed by atoms with Gasteiger partial charge in [-0.25, -0.2) is 14.6 Å². The SMILES string of the molecule is CC(C)Oc1ccc(C(=O)OCCCn2c(=O)c3c(ncn3C)n(C)c2=O)cc1. The molecule has 0 radical (unpaired) electrons. The minimum Gasteiger partial charge on any atom is -0.491 e. The molecule has 0 atom stereocenters. The first-order valence-electron chi connectivity index (χ1n) is 9.34. The van der Waals surface area contributed by atoms with E-state index in [1.807, 2.05) is 13.8 Å². The maximum Gasteiger partial charge on any atom is 0.338 e. The Morgan fingerprint density at radius 1 is 1.14 bits per heavy atom. The predicted molar refractivity (Wildman–Crippen MR) is 107 cm³/mol. The first-order valence-corrected chi connectivity index (χ1v) is 9.34. The highest BCUT2D eigenvalue weighted by Gasteiger charge is 2.15. The van der Waals surface area contributed by atoms with E-state index in [1.54, 1.807) is 42.9 Å². The Balaban J connectivity index is 1.62. The van der Waals surface area contributed by atoms with Crippen LogP contribution in [-0.2, 0) is 25.4 Å². The number of hydrogen-bond acceptors (Lipinski definition) is 6. The van der Waals surface area contributed by atoms with E-state index < -0.39 is 17.2 Å². The van der Waals surface area contributed by atoms with Crippen molar-refractivity contribution >= 4 is 17.1 Å². The van der Waals surface area contributed by atoms with Crippen molar-refractivity contribution < 1.29 is 14.3 Å². The molecule has 3 aromatic rings. The third kappa shape index (κ3) is 4.23. The summed E-state index contributed by atoms with van der Waals surface area (Å²) in [6.45, 7) is 4.07. The lowest BCUT2D eigenvalue weighted by Gasteiger charge is -2.10. The van der Waals surface area contributed by atoms with E-state index in [0.29, 0.717) is 28.9 Å². The molecular weight excluding hydrogens is 376 g/mol. The van der Waals surface area contributed by atoms with Crippen LogP contribution < -0.4 is 16.0 Å². The monoisotopic (exact) mass is 400 g/mol. The number of esters is 1. The highest BCUT2D eigenvalue weighted by atomic mass is 16.5. The fraction of sp³-hybridized carbons (Fsp3) is 0.400. The number of aromatic nitrogens is 4. The van der Waals surface area contributed by atoms with Crippen LogP contribution in [0.1, 0.15) is 30.6 Å². The molecule has 9 heteroatoms. The number of aryl methyl sites for hydroxylation is 2. The van der Waals surface area contributed by atoms with Crippen LogP contribution in [0.5, 0.6) is 5.75 Å². The lowest BCUT2D eigenvalue weighted by Crippen LogP contribution is -2.39. The van der Waals surface area contributed by atoms with Crippen molar-refractivity contribution in [2.75, 3.05) is 6.61 Å². The molecule has 3 rings (SSSR count). The molecule has 0 spiro atoms. The van der Waals surface area contributed by atoms with Crippen LogP contribution in [0.3, 0.4) is 0 Å². The van der Waals surface area contributed by atoms with Crippen LogP contribution in [0.2, 0.25) is 0 Å². The summed E-state index contributed by atoms with van der Waals surface area (Å²) >= 11 is 0. The average Bonchev–Trinajstić information content (AvgIpc) is 3.07. The van der Waals surface area contributed by atoms with Gasteiger partial charge in [0, 0.05) is 20.6 Å². The molecule has 0 bridgehead atoms. The van der Waals surface area contributed by atoms with Crippen molar-refractivity contribution in [3.63, 3.8) is 0 Å². The molecule has 0 amide bonds. The van der Waals surface area contributed by atoms with Gasteiger partial charge in [-0.15, -0.1) is 0 Å². The fourth-order valence-corrected chi connectivity index (χ4v) is 3.01. The smallest absolute Gasteiger partial charge is 0.338 e. The first-order chi connectivity index (χ1) is 13.8. The molecule has 0 saturated carbocycles. The minimum absolute atomic E-state index is 0.0504. The Morgan fingerprint density at radius 3 is 2.48 bits per heavy atom. The molecular formula is C20H24N4O5. The quantitative estimate of drug-likeness (QED) is 0.440. The molecule has 9 nitrogen and oxygen atoms in total. The number of benzene rings is 1. The summed E-state index contributed by atoms with van der Waals surface area (Å²) in [5.41, 5.74) is 0.247. The van der Waals surface area contributed by atoms with E-state index in [4.69, 9.17) is 9.47 Å². The fourth-order valence-electron chi connectivity index (χ4n) is 3.01. The van der Waals surface area contributed by atoms with Crippen LogP contribution in [0, 0.1) is 0 Å². The summed E-state index contributed by atoms with van der Waals surface area (Å²) in [5, 5.41) is 0. The molecule has 154 valence electrons. The van der Waals surface area contributed by atoms with E-state index in [-0.39, 0.29) is 19.3 Å². The second-order valence-electron chi connectivity index (χ2n) is 7.01. The Morgan fingerprint density at radius 2 is 1.83 bits per heavy atom. The van der Waals surface area contributed by atoms with Gasteiger partial charge in [-0.05, 0) is 44.5 Å². The molecule has 0 N–H and O–H groups in total. The zero-order valence-electron chi connectivity index (χ0n) is 16.9. The molecule has 0 aliphatic rings. The first kappa shape index (κ1) is 20.4. The van der Waals surface area contributed by atoms with E-state index in [9.17, 15) is 14.4 Å². The van der Waals surface area contributed by atoms with Crippen molar-refractivity contribution in [3.05, 3.63) is 57.0 Å². The Hall–Kier alpha value is -3.36. The van der Waals surface area contributed by atoms with Gasteiger partial charge in [-0.1, -0.05) is 0 Å². The lowest BCUT2D eigenvalue weighted by molar-refractivity contribution is 0.0495. The highest BCUT2D eigenvalue weighted by Crippen LogP contribution is 2.14. The van der Waals surface area contributed by atoms with E-state index in [0.717, 1.165) is 4.57 Å². The van der Waals surface area contributed by atoms with Gasteiger partial charge in [-0.3, -0.25) is 13.9 Å². The normalized spacial score (nSPS) is 11.2. The maximum atomic E-state index is 12.6. The number of ether oxygens (including phenoxy) is 2. The number of nitrogens with zero attached hydrogens (tertiary/aromatic N) is 4. The lowest BCUT2D eigenvalue weighted by atomic mass is 10.2. The molecule has 2 heterocycles. The molecule has 2 aromatic heterocycles. The van der Waals surface area contributed by atoms with Crippen molar-refractivity contribution in [2.24, 2.45) is 14.1 Å². The molecule has 0 saturated heterocycles. The van der Waals surface area contributed by atoms with E-state index in [1.165, 1.54) is 10.9 Å². The molecule has 0 aliphatic carbocycles. The molecule has 1 aromatic carbocycles. The van der Waals surface area contributed by atoms with Crippen LogP contribution in [0.15, 0.2) is 40.2 Å². The summed E-state index contributed by atoms with van der Waals surface area (Å²) in [6, 6.07) is 6.69. The number of imidazole rings is 1. The van der Waals surface area contributed by atoms with Crippen LogP contribution in [0.4, 0.5) is 0 Å². The third-order valence-corrected chi connectivity index (χ3v) is 4.42. The van der Waals surface area contributed by atoms with Crippen molar-refractivity contribution in [1.82, 2.24) is 18.7 Å². The van der Waals surface area contributed by atoms with E-state index >= 15 is 0 Å². The Bertz CT molecular complexity index is 1140. The molecule has 29 heavy (non-hydrogen) atoms. The van der Waals surface area contributed by atoms with Gasteiger partial charge < -0.3 is 14.0 Å². The highest BCUT2D eigenvalue weighted by molar-refractivity contribution is 5.89. The van der Waals surface area contributed by atoms with Crippen LogP contribution in [-0.4, -0.2) is 37.4 Å². The van der Waals surface area contributed by atoms with E-state index in [2.05, 4.69) is 4.98 Å². The minimum atomic E-state index is -0.469. The third-order valence-electron chi connectivity index (χ3n) is 4.42. The van der Waals surface area contributed by atoms with Crippen molar-refractivity contribution in [1.29, 1.82) is 0 Å². The molecule has 0 unspecified atom stereocenters. The summed E-state index contributed by atoms with van der Waals surface area (Å²) in [5.74, 6) is 0.209. The number of hydrogen-bond donors (Lipinski definition) is 0. The van der Waals surface area contributed by atoms with Crippen molar-refractivity contribution in [3.8, 4) is 5.75 Å². The van der Waals surface area contributed by atoms with Crippen molar-refractivity contribution in [2.45, 2.75) is 32.9 Å². The van der Waals surface area contributed by atoms with Gasteiger partial charge in [-0.2, -0.15) is 0 Å². The number of carbonyl (C=O) groups is 1. The van der Waals surface area contributed by atoms with Gasteiger partial charge in [0.15, 0.2) is 11.2 Å². The van der Waals surface area contributed by atoms with Gasteiger partial charge in [0.05, 0.1) is 24.6 Å². The number of fused-ring (bicyclic) bond motifs is 1. The largest absolute Gasteiger partial charge is 0.491 e. The number of carbonyl (C=O) groups excluding carboxylic acids is 1. The summed E-state index contributed by atoms with van der Waals surface area (Å²) in [4.78, 5) is 41.3. The molecule has 0 aliphatic heterocycles. The average molecular weight is 400 g/mol. The van der Waals surface area contributed by atoms with Gasteiger partial charge >= 0.3 is 11.7 Å². The van der Waals surface area contributed by atoms with Gasteiger partial charge in [0.1, 0.15) is 5.75 Å². The van der Waals surface area contributed by atoms with Gasteiger partial charge in [0.2, 0.25) is 0 Å². The molecule has 0 fully saturated rings. The number of rotatable bonds is 7. The predicted octanol–water partition coefficient (Wildman–Crippen LogP) is 1.47. The van der Waals surface area contributed by atoms with Crippen LogP contribution >= 0.6 is 0 Å². The topological polar surface area (TPSA) is 97.3 Å². The summed E-state index contributed by atoms with van der Waals surface area (Å²) < 4.78 is 14.9. The standard InChI is InChI=1S/C20H24N4O5/c1-13(2)29-15-8-6-14(7-9-15)19(26)28-11-5-10-24-18(25)16-17(21-12-22(16)3)23(4)20(24)27/h6-9,12-13H,5,10-11H2,1-4H3. The Labute approximate surface area is 167 Å². The zero-order chi connectivity index (χ0) is 21.1. The van der Waals surface area contributed by atoms with Gasteiger partial charge in [0.25, 0.3) is 5.56 Å². The summed E-state index contributed by atoms with van der Waals surface area (Å²) in [6.07, 6.45) is 1.88. The summed E-state index contributed by atoms with van der Waals surface area (Å²) in [7, 11) is 3.27. The Kier molecular flexibility index (Phi) is 5.86. The second-order valence-corrected chi connectivity index (χ2v) is 7.01. The second kappa shape index (κ2) is 8.34.